The van der Waals surface area contributed by atoms with E-state index < -0.39 is 0 Å². The lowest BCUT2D eigenvalue weighted by Gasteiger charge is -2.18. The molecule has 3 N–H and O–H groups in total. The van der Waals surface area contributed by atoms with Crippen molar-refractivity contribution in [2.45, 2.75) is 33.6 Å². The molecule has 0 spiro atoms. The maximum absolute atomic E-state index is 12.4. The highest BCUT2D eigenvalue weighted by Crippen LogP contribution is 2.31. The molecule has 2 aromatic heterocycles. The number of imidazole rings is 1. The lowest BCUT2D eigenvalue weighted by Crippen LogP contribution is -2.32. The molecule has 3 heterocycles. The van der Waals surface area contributed by atoms with Gasteiger partial charge in [-0.2, -0.15) is 0 Å². The fraction of sp³-hybridized carbons (Fsp3) is 0.333. The number of rotatable bonds is 2. The Morgan fingerprint density at radius 1 is 1.22 bits per heavy atom. The van der Waals surface area contributed by atoms with Gasteiger partial charge < -0.3 is 20.4 Å². The molecular weight excluding hydrogens is 338 g/mol. The van der Waals surface area contributed by atoms with Gasteiger partial charge in [-0.15, -0.1) is 0 Å². The second-order valence-corrected chi connectivity index (χ2v) is 6.44. The highest BCUT2D eigenvalue weighted by molar-refractivity contribution is 5.92. The number of carbonyl (C=O) groups excluding carboxylic acids is 1. The van der Waals surface area contributed by atoms with Crippen molar-refractivity contribution < 1.29 is 4.79 Å². The van der Waals surface area contributed by atoms with Crippen LogP contribution in [-0.2, 0) is 0 Å². The van der Waals surface area contributed by atoms with Crippen LogP contribution < -0.4 is 11.1 Å². The minimum atomic E-state index is -0.0256. The van der Waals surface area contributed by atoms with Crippen molar-refractivity contribution in [3.05, 3.63) is 48.4 Å². The van der Waals surface area contributed by atoms with Crippen LogP contribution in [0.15, 0.2) is 42.9 Å². The van der Waals surface area contributed by atoms with E-state index in [1.807, 2.05) is 66.7 Å². The number of nitrogen functional groups attached to an aromatic ring is 1. The second kappa shape index (κ2) is 8.12. The van der Waals surface area contributed by atoms with Crippen molar-refractivity contribution in [2.24, 2.45) is 0 Å². The van der Waals surface area contributed by atoms with E-state index in [0.29, 0.717) is 5.69 Å². The molecule has 0 radical (unpaired) electrons. The molecule has 2 amide bonds. The van der Waals surface area contributed by atoms with Gasteiger partial charge in [0.15, 0.2) is 5.65 Å². The lowest BCUT2D eigenvalue weighted by atomic mass is 10.00. The number of carbonyl (C=O) groups is 1. The molecule has 0 unspecified atom stereocenters. The zero-order chi connectivity index (χ0) is 19.4. The van der Waals surface area contributed by atoms with Crippen LogP contribution in [0.25, 0.3) is 16.8 Å². The molecule has 3 aromatic rings. The molecule has 0 aliphatic carbocycles. The van der Waals surface area contributed by atoms with Gasteiger partial charge in [0.1, 0.15) is 0 Å². The van der Waals surface area contributed by atoms with Gasteiger partial charge in [-0.1, -0.05) is 26.0 Å². The van der Waals surface area contributed by atoms with E-state index in [2.05, 4.69) is 10.3 Å². The first kappa shape index (κ1) is 18.8. The number of hydrogen-bond acceptors (Lipinski definition) is 3. The van der Waals surface area contributed by atoms with Gasteiger partial charge in [0.2, 0.25) is 0 Å². The van der Waals surface area contributed by atoms with Crippen LogP contribution in [0.5, 0.6) is 0 Å². The third-order valence-corrected chi connectivity index (χ3v) is 4.80. The molecular formula is C21H27N5O. The van der Waals surface area contributed by atoms with E-state index in [1.165, 1.54) is 0 Å². The van der Waals surface area contributed by atoms with Gasteiger partial charge in [0.25, 0.3) is 0 Å². The van der Waals surface area contributed by atoms with Crippen molar-refractivity contribution in [2.75, 3.05) is 24.1 Å². The minimum absolute atomic E-state index is 0.0256. The number of anilines is 2. The van der Waals surface area contributed by atoms with E-state index in [-0.39, 0.29) is 6.03 Å². The Morgan fingerprint density at radius 3 is 2.70 bits per heavy atom. The van der Waals surface area contributed by atoms with Crippen molar-refractivity contribution in [1.82, 2.24) is 14.3 Å². The number of amides is 2. The van der Waals surface area contributed by atoms with Crippen LogP contribution >= 0.6 is 0 Å². The predicted octanol–water partition coefficient (Wildman–Crippen LogP) is 4.55. The Kier molecular flexibility index (Phi) is 5.64. The van der Waals surface area contributed by atoms with E-state index in [0.717, 1.165) is 54.0 Å². The first-order valence-electron chi connectivity index (χ1n) is 9.51. The van der Waals surface area contributed by atoms with E-state index in [9.17, 15) is 4.79 Å². The van der Waals surface area contributed by atoms with Crippen molar-refractivity contribution in [3.8, 4) is 11.1 Å². The van der Waals surface area contributed by atoms with Gasteiger partial charge in [-0.05, 0) is 43.0 Å². The SMILES string of the molecule is CC.Cc1c(NC(=O)N2CCCC2)cccc1-c1cc(N)c2nccn2c1. The summed E-state index contributed by atoms with van der Waals surface area (Å²) in [6, 6.07) is 7.83. The minimum Gasteiger partial charge on any atom is -0.396 e. The highest BCUT2D eigenvalue weighted by Gasteiger charge is 2.19. The lowest BCUT2D eigenvalue weighted by molar-refractivity contribution is 0.222. The molecule has 4 rings (SSSR count). The molecule has 27 heavy (non-hydrogen) atoms. The smallest absolute Gasteiger partial charge is 0.321 e. The number of urea groups is 1. The number of nitrogens with two attached hydrogens (primary N) is 1. The normalized spacial score (nSPS) is 13.4. The van der Waals surface area contributed by atoms with Crippen LogP contribution in [0.4, 0.5) is 16.2 Å². The van der Waals surface area contributed by atoms with Crippen LogP contribution in [0, 0.1) is 6.92 Å². The summed E-state index contributed by atoms with van der Waals surface area (Å²) in [5.41, 5.74) is 11.4. The summed E-state index contributed by atoms with van der Waals surface area (Å²) in [6.07, 6.45) is 7.78. The quantitative estimate of drug-likeness (QED) is 0.700. The zero-order valence-corrected chi connectivity index (χ0v) is 16.2. The number of fused-ring (bicyclic) bond motifs is 1. The van der Waals surface area contributed by atoms with Gasteiger partial charge in [-0.25, -0.2) is 9.78 Å². The molecule has 1 fully saturated rings. The van der Waals surface area contributed by atoms with Gasteiger partial charge in [0.05, 0.1) is 5.69 Å². The molecule has 6 nitrogen and oxygen atoms in total. The first-order chi connectivity index (χ1) is 13.1. The fourth-order valence-corrected chi connectivity index (χ4v) is 3.41. The summed E-state index contributed by atoms with van der Waals surface area (Å²) < 4.78 is 1.92. The summed E-state index contributed by atoms with van der Waals surface area (Å²) in [6.45, 7) is 7.68. The fourth-order valence-electron chi connectivity index (χ4n) is 3.41. The van der Waals surface area contributed by atoms with Crippen molar-refractivity contribution in [3.63, 3.8) is 0 Å². The Hall–Kier alpha value is -3.02. The van der Waals surface area contributed by atoms with Crippen molar-refractivity contribution >= 4 is 23.1 Å². The predicted molar refractivity (Wildman–Crippen MR) is 111 cm³/mol. The molecule has 1 aliphatic rings. The Morgan fingerprint density at radius 2 is 1.96 bits per heavy atom. The Bertz CT molecular complexity index is 941. The van der Waals surface area contributed by atoms with Crippen LogP contribution in [-0.4, -0.2) is 33.4 Å². The summed E-state index contributed by atoms with van der Waals surface area (Å²) in [5, 5.41) is 3.05. The molecule has 6 heteroatoms. The maximum atomic E-state index is 12.4. The van der Waals surface area contributed by atoms with Crippen LogP contribution in [0.2, 0.25) is 0 Å². The molecule has 142 valence electrons. The highest BCUT2D eigenvalue weighted by atomic mass is 16.2. The summed E-state index contributed by atoms with van der Waals surface area (Å²) >= 11 is 0. The molecule has 0 atom stereocenters. The molecule has 0 bridgehead atoms. The Labute approximate surface area is 160 Å². The van der Waals surface area contributed by atoms with E-state index in [1.54, 1.807) is 6.20 Å². The largest absolute Gasteiger partial charge is 0.396 e. The van der Waals surface area contributed by atoms with Gasteiger partial charge >= 0.3 is 6.03 Å². The number of hydrogen-bond donors (Lipinski definition) is 2. The average Bonchev–Trinajstić information content (AvgIpc) is 3.37. The maximum Gasteiger partial charge on any atom is 0.321 e. The van der Waals surface area contributed by atoms with Gasteiger partial charge in [0, 0.05) is 42.9 Å². The third-order valence-electron chi connectivity index (χ3n) is 4.80. The third kappa shape index (κ3) is 3.74. The van der Waals surface area contributed by atoms with Crippen LogP contribution in [0.3, 0.4) is 0 Å². The topological polar surface area (TPSA) is 75.7 Å². The first-order valence-corrected chi connectivity index (χ1v) is 9.51. The molecule has 0 saturated carbocycles. The number of nitrogens with zero attached hydrogens (tertiary/aromatic N) is 3. The molecule has 1 saturated heterocycles. The zero-order valence-electron chi connectivity index (χ0n) is 16.2. The monoisotopic (exact) mass is 365 g/mol. The van der Waals surface area contributed by atoms with Crippen LogP contribution in [0.1, 0.15) is 32.3 Å². The summed E-state index contributed by atoms with van der Waals surface area (Å²) in [4.78, 5) is 18.5. The number of benzene rings is 1. The average molecular weight is 365 g/mol. The van der Waals surface area contributed by atoms with E-state index >= 15 is 0 Å². The number of nitrogens with one attached hydrogen (secondary N) is 1. The van der Waals surface area contributed by atoms with E-state index in [4.69, 9.17) is 5.73 Å². The van der Waals surface area contributed by atoms with Gasteiger partial charge in [-0.3, -0.25) is 0 Å². The summed E-state index contributed by atoms with van der Waals surface area (Å²) in [5.74, 6) is 0. The number of likely N-dealkylation sites (tertiary alicyclic amines) is 1. The second-order valence-electron chi connectivity index (χ2n) is 6.44. The van der Waals surface area contributed by atoms with Crippen molar-refractivity contribution in [1.29, 1.82) is 0 Å². The summed E-state index contributed by atoms with van der Waals surface area (Å²) in [7, 11) is 0. The number of pyridine rings is 1. The molecule has 1 aromatic carbocycles. The Balaban J connectivity index is 0.00000102. The molecule has 1 aliphatic heterocycles. The standard InChI is InChI=1S/C19H21N5O.C2H6/c1-13-15(14-11-16(20)18-21-7-10-24(18)12-14)5-4-6-17(13)22-19(25)23-8-2-3-9-23;1-2/h4-7,10-12H,2-3,8-9,20H2,1H3,(H,22,25);1-2H3. The number of aromatic nitrogens is 2.